The molecule has 2 rings (SSSR count). The van der Waals surface area contributed by atoms with Crippen LogP contribution >= 0.6 is 27.5 Å². The van der Waals surface area contributed by atoms with E-state index in [4.69, 9.17) is 11.6 Å². The molecule has 0 aliphatic carbocycles. The molecule has 0 saturated carbocycles. The lowest BCUT2D eigenvalue weighted by atomic mass is 10.0. The number of rotatable bonds is 2. The molecule has 0 aliphatic heterocycles. The van der Waals surface area contributed by atoms with Crippen LogP contribution in [0, 0.1) is 0 Å². The largest absolute Gasteiger partial charge is 0.253 e. The van der Waals surface area contributed by atoms with Crippen LogP contribution in [0.4, 0.5) is 0 Å². The minimum Gasteiger partial charge on any atom is -0.253 e. The van der Waals surface area contributed by atoms with Crippen molar-refractivity contribution in [2.24, 2.45) is 0 Å². The van der Waals surface area contributed by atoms with Crippen LogP contribution in [-0.4, -0.2) is 4.98 Å². The second kappa shape index (κ2) is 4.72. The summed E-state index contributed by atoms with van der Waals surface area (Å²) in [5.41, 5.74) is 3.39. The van der Waals surface area contributed by atoms with Gasteiger partial charge in [-0.3, -0.25) is 4.98 Å². The lowest BCUT2D eigenvalue weighted by molar-refractivity contribution is 0.828. The van der Waals surface area contributed by atoms with Crippen molar-refractivity contribution in [2.45, 2.75) is 25.1 Å². The lowest BCUT2D eigenvalue weighted by Gasteiger charge is -2.10. The van der Waals surface area contributed by atoms with E-state index in [1.165, 1.54) is 5.56 Å². The molecule has 3 heteroatoms. The molecule has 0 aliphatic rings. The molecule has 0 saturated heterocycles. The Hall–Kier alpha value is -0.600. The quantitative estimate of drug-likeness (QED) is 0.718. The molecule has 0 N–H and O–H groups in total. The van der Waals surface area contributed by atoms with E-state index in [1.54, 1.807) is 0 Å². The summed E-state index contributed by atoms with van der Waals surface area (Å²) in [7, 11) is 0. The van der Waals surface area contributed by atoms with Gasteiger partial charge in [0.2, 0.25) is 0 Å². The Balaban J connectivity index is 2.73. The molecular weight excluding hydrogens is 286 g/mol. The van der Waals surface area contributed by atoms with Crippen molar-refractivity contribution < 1.29 is 0 Å². The first-order valence-electron chi connectivity index (χ1n) is 5.27. The van der Waals surface area contributed by atoms with Gasteiger partial charge in [-0.05, 0) is 35.7 Å². The number of hydrogen-bond donors (Lipinski definition) is 0. The summed E-state index contributed by atoms with van der Waals surface area (Å²) >= 11 is 9.52. The Morgan fingerprint density at radius 1 is 1.31 bits per heavy atom. The van der Waals surface area contributed by atoms with Gasteiger partial charge in [0.25, 0.3) is 0 Å². The van der Waals surface area contributed by atoms with Gasteiger partial charge in [-0.1, -0.05) is 41.4 Å². The summed E-state index contributed by atoms with van der Waals surface area (Å²) in [5.74, 6) is 0.442. The SMILES string of the molecule is CC(C)c1cc(CBr)c2cc(Cl)ccc2n1. The number of benzene rings is 1. The minimum absolute atomic E-state index is 0.442. The van der Waals surface area contributed by atoms with Gasteiger partial charge in [-0.25, -0.2) is 0 Å². The first-order valence-corrected chi connectivity index (χ1v) is 6.77. The van der Waals surface area contributed by atoms with Gasteiger partial charge >= 0.3 is 0 Å². The molecule has 16 heavy (non-hydrogen) atoms. The number of fused-ring (bicyclic) bond motifs is 1. The molecule has 0 amide bonds. The summed E-state index contributed by atoms with van der Waals surface area (Å²) in [6.07, 6.45) is 0. The molecule has 0 bridgehead atoms. The average molecular weight is 299 g/mol. The van der Waals surface area contributed by atoms with E-state index in [0.717, 1.165) is 26.9 Å². The minimum atomic E-state index is 0.442. The van der Waals surface area contributed by atoms with Gasteiger partial charge in [-0.15, -0.1) is 0 Å². The van der Waals surface area contributed by atoms with Crippen LogP contribution in [0.25, 0.3) is 10.9 Å². The summed E-state index contributed by atoms with van der Waals surface area (Å²) in [6, 6.07) is 8.00. The third-order valence-electron chi connectivity index (χ3n) is 2.61. The van der Waals surface area contributed by atoms with Gasteiger partial charge in [0, 0.05) is 21.4 Å². The fourth-order valence-corrected chi connectivity index (χ4v) is 2.33. The first-order chi connectivity index (χ1) is 7.61. The molecule has 84 valence electrons. The third-order valence-corrected chi connectivity index (χ3v) is 3.45. The number of nitrogens with zero attached hydrogens (tertiary/aromatic N) is 1. The number of aromatic nitrogens is 1. The second-order valence-corrected chi connectivity index (χ2v) is 5.15. The topological polar surface area (TPSA) is 12.9 Å². The van der Waals surface area contributed by atoms with Gasteiger partial charge < -0.3 is 0 Å². The van der Waals surface area contributed by atoms with Crippen molar-refractivity contribution >= 4 is 38.4 Å². The van der Waals surface area contributed by atoms with Crippen molar-refractivity contribution in [1.29, 1.82) is 0 Å². The summed E-state index contributed by atoms with van der Waals surface area (Å²) in [5, 5.41) is 2.72. The van der Waals surface area contributed by atoms with E-state index in [9.17, 15) is 0 Å². The van der Waals surface area contributed by atoms with Crippen molar-refractivity contribution in [3.05, 3.63) is 40.5 Å². The van der Waals surface area contributed by atoms with Crippen molar-refractivity contribution in [2.75, 3.05) is 0 Å². The van der Waals surface area contributed by atoms with Crippen LogP contribution in [0.5, 0.6) is 0 Å². The van der Waals surface area contributed by atoms with E-state index < -0.39 is 0 Å². The van der Waals surface area contributed by atoms with Crippen LogP contribution in [0.3, 0.4) is 0 Å². The van der Waals surface area contributed by atoms with Crippen LogP contribution in [-0.2, 0) is 5.33 Å². The highest BCUT2D eigenvalue weighted by atomic mass is 79.9. The predicted molar refractivity (Wildman–Crippen MR) is 73.5 cm³/mol. The molecule has 1 heterocycles. The standard InChI is InChI=1S/C13H13BrClN/c1-8(2)13-5-9(7-14)11-6-10(15)3-4-12(11)16-13/h3-6,8H,7H2,1-2H3. The average Bonchev–Trinajstić information content (AvgIpc) is 2.27. The Kier molecular flexibility index (Phi) is 3.50. The number of hydrogen-bond acceptors (Lipinski definition) is 1. The fraction of sp³-hybridized carbons (Fsp3) is 0.308. The smallest absolute Gasteiger partial charge is 0.0709 e. The Labute approximate surface area is 109 Å². The molecule has 0 atom stereocenters. The molecular formula is C13H13BrClN. The van der Waals surface area contributed by atoms with Crippen LogP contribution < -0.4 is 0 Å². The van der Waals surface area contributed by atoms with E-state index in [1.807, 2.05) is 18.2 Å². The molecule has 0 fully saturated rings. The highest BCUT2D eigenvalue weighted by molar-refractivity contribution is 9.08. The van der Waals surface area contributed by atoms with Crippen molar-refractivity contribution in [3.63, 3.8) is 0 Å². The number of pyridine rings is 1. The van der Waals surface area contributed by atoms with Crippen LogP contribution in [0.1, 0.15) is 31.0 Å². The summed E-state index contributed by atoms with van der Waals surface area (Å²) in [4.78, 5) is 4.64. The maximum Gasteiger partial charge on any atom is 0.0709 e. The molecule has 0 radical (unpaired) electrons. The summed E-state index contributed by atoms with van der Waals surface area (Å²) in [6.45, 7) is 4.31. The maximum atomic E-state index is 6.01. The second-order valence-electron chi connectivity index (χ2n) is 4.16. The van der Waals surface area contributed by atoms with Crippen LogP contribution in [0.2, 0.25) is 5.02 Å². The third kappa shape index (κ3) is 2.23. The van der Waals surface area contributed by atoms with Gasteiger partial charge in [-0.2, -0.15) is 0 Å². The highest BCUT2D eigenvalue weighted by Gasteiger charge is 2.08. The molecule has 1 nitrogen and oxygen atoms in total. The first kappa shape index (κ1) is 11.9. The molecule has 1 aromatic heterocycles. The van der Waals surface area contributed by atoms with Crippen molar-refractivity contribution in [3.8, 4) is 0 Å². The molecule has 0 spiro atoms. The monoisotopic (exact) mass is 297 g/mol. The lowest BCUT2D eigenvalue weighted by Crippen LogP contribution is -1.96. The zero-order valence-corrected chi connectivity index (χ0v) is 11.6. The van der Waals surface area contributed by atoms with Gasteiger partial charge in [0.05, 0.1) is 5.52 Å². The van der Waals surface area contributed by atoms with Gasteiger partial charge in [0.1, 0.15) is 0 Å². The summed E-state index contributed by atoms with van der Waals surface area (Å²) < 4.78 is 0. The highest BCUT2D eigenvalue weighted by Crippen LogP contribution is 2.26. The van der Waals surface area contributed by atoms with E-state index >= 15 is 0 Å². The normalized spacial score (nSPS) is 11.3. The maximum absolute atomic E-state index is 6.01. The molecule has 1 aromatic carbocycles. The van der Waals surface area contributed by atoms with E-state index in [0.29, 0.717) is 5.92 Å². The molecule has 0 unspecified atom stereocenters. The van der Waals surface area contributed by atoms with Gasteiger partial charge in [0.15, 0.2) is 0 Å². The predicted octanol–water partition coefficient (Wildman–Crippen LogP) is 4.91. The van der Waals surface area contributed by atoms with Crippen LogP contribution in [0.15, 0.2) is 24.3 Å². The van der Waals surface area contributed by atoms with Crippen molar-refractivity contribution in [1.82, 2.24) is 4.98 Å². The van der Waals surface area contributed by atoms with E-state index in [2.05, 4.69) is 40.8 Å². The Morgan fingerprint density at radius 2 is 2.06 bits per heavy atom. The number of alkyl halides is 1. The Morgan fingerprint density at radius 3 is 2.69 bits per heavy atom. The Bertz CT molecular complexity index is 523. The molecule has 2 aromatic rings. The zero-order valence-electron chi connectivity index (χ0n) is 9.30. The fourth-order valence-electron chi connectivity index (χ4n) is 1.70. The number of halogens is 2. The zero-order chi connectivity index (χ0) is 11.7. The van der Waals surface area contributed by atoms with E-state index in [-0.39, 0.29) is 0 Å².